The third-order valence-corrected chi connectivity index (χ3v) is 3.45. The van der Waals surface area contributed by atoms with Gasteiger partial charge in [-0.15, -0.1) is 19.7 Å². The van der Waals surface area contributed by atoms with Crippen LogP contribution in [0.2, 0.25) is 12.6 Å². The summed E-state index contributed by atoms with van der Waals surface area (Å²) in [7, 11) is 0. The van der Waals surface area contributed by atoms with Gasteiger partial charge in [0.1, 0.15) is 0 Å². The molecule has 2 atom stereocenters. The lowest BCUT2D eigenvalue weighted by atomic mass is 9.52. The van der Waals surface area contributed by atoms with Crippen molar-refractivity contribution in [1.82, 2.24) is 4.81 Å². The second kappa shape index (κ2) is 7.34. The zero-order chi connectivity index (χ0) is 12.7. The molecule has 0 radical (unpaired) electrons. The SMILES string of the molecule is C=CCB(CC=C)N1[C@H](CC=C)CC=C[C@H]1C. The highest BCUT2D eigenvalue weighted by atomic mass is 15.1. The van der Waals surface area contributed by atoms with Crippen LogP contribution in [-0.4, -0.2) is 23.7 Å². The van der Waals surface area contributed by atoms with Crippen LogP contribution < -0.4 is 0 Å². The maximum Gasteiger partial charge on any atom is 0.231 e. The van der Waals surface area contributed by atoms with Crippen LogP contribution in [0.15, 0.2) is 50.1 Å². The van der Waals surface area contributed by atoms with E-state index in [-0.39, 0.29) is 0 Å². The molecule has 0 N–H and O–H groups in total. The van der Waals surface area contributed by atoms with E-state index in [4.69, 9.17) is 0 Å². The summed E-state index contributed by atoms with van der Waals surface area (Å²) in [5, 5.41) is 0. The summed E-state index contributed by atoms with van der Waals surface area (Å²) in [6.45, 7) is 14.4. The number of allylic oxidation sites excluding steroid dienone is 2. The maximum atomic E-state index is 3.87. The van der Waals surface area contributed by atoms with E-state index in [1.807, 2.05) is 18.2 Å². The lowest BCUT2D eigenvalue weighted by Gasteiger charge is -2.41. The van der Waals surface area contributed by atoms with Crippen LogP contribution in [-0.2, 0) is 0 Å². The van der Waals surface area contributed by atoms with E-state index >= 15 is 0 Å². The Bertz CT molecular complexity index is 285. The van der Waals surface area contributed by atoms with E-state index in [9.17, 15) is 0 Å². The molecule has 0 aromatic carbocycles. The molecule has 17 heavy (non-hydrogen) atoms. The van der Waals surface area contributed by atoms with Crippen molar-refractivity contribution in [3.05, 3.63) is 50.1 Å². The Morgan fingerprint density at radius 1 is 1.24 bits per heavy atom. The molecule has 92 valence electrons. The first-order chi connectivity index (χ1) is 8.24. The molecule has 0 amide bonds. The smallest absolute Gasteiger partial charge is 0.231 e. The minimum atomic E-state index is 0.499. The van der Waals surface area contributed by atoms with E-state index in [1.54, 1.807) is 0 Å². The predicted molar refractivity (Wildman–Crippen MR) is 79.4 cm³/mol. The Hall–Kier alpha value is -1.02. The first kappa shape index (κ1) is 14.0. The van der Waals surface area contributed by atoms with Crippen molar-refractivity contribution in [3.8, 4) is 0 Å². The molecule has 1 heterocycles. The number of rotatable bonds is 7. The maximum absolute atomic E-state index is 3.87. The fraction of sp³-hybridized carbons (Fsp3) is 0.467. The molecule has 0 spiro atoms. The molecule has 1 nitrogen and oxygen atoms in total. The van der Waals surface area contributed by atoms with Crippen LogP contribution in [0.5, 0.6) is 0 Å². The van der Waals surface area contributed by atoms with Gasteiger partial charge in [0, 0.05) is 12.1 Å². The van der Waals surface area contributed by atoms with Crippen LogP contribution >= 0.6 is 0 Å². The minimum Gasteiger partial charge on any atom is -0.332 e. The molecule has 1 rings (SSSR count). The minimum absolute atomic E-state index is 0.499. The van der Waals surface area contributed by atoms with Crippen molar-refractivity contribution in [2.45, 2.75) is 44.5 Å². The standard InChI is InChI=1S/C15H24BN/c1-5-9-15-11-8-10-14(4)17(15)16(12-6-2)13-7-3/h5-8,10,14-15H,1-3,9,11-13H2,4H3/t14-,15-/m1/s1. The topological polar surface area (TPSA) is 3.24 Å². The molecule has 0 aliphatic carbocycles. The van der Waals surface area contributed by atoms with Gasteiger partial charge in [-0.2, -0.15) is 0 Å². The molecule has 0 aromatic heterocycles. The van der Waals surface area contributed by atoms with Gasteiger partial charge >= 0.3 is 0 Å². The van der Waals surface area contributed by atoms with Gasteiger partial charge in [-0.25, -0.2) is 0 Å². The molecule has 0 bridgehead atoms. The highest BCUT2D eigenvalue weighted by molar-refractivity contribution is 6.57. The molecule has 2 heteroatoms. The normalized spacial score (nSPS) is 24.3. The molecule has 0 saturated carbocycles. The van der Waals surface area contributed by atoms with Crippen molar-refractivity contribution in [2.75, 3.05) is 0 Å². The molecular formula is C15H24BN. The lowest BCUT2D eigenvalue weighted by molar-refractivity contribution is 0.278. The quantitative estimate of drug-likeness (QED) is 0.472. The van der Waals surface area contributed by atoms with E-state index in [1.165, 1.54) is 0 Å². The highest BCUT2D eigenvalue weighted by Crippen LogP contribution is 2.24. The molecule has 0 unspecified atom stereocenters. The Kier molecular flexibility index (Phi) is 6.06. The zero-order valence-electron chi connectivity index (χ0n) is 11.0. The van der Waals surface area contributed by atoms with Crippen molar-refractivity contribution in [2.24, 2.45) is 0 Å². The van der Waals surface area contributed by atoms with Crippen molar-refractivity contribution < 1.29 is 0 Å². The monoisotopic (exact) mass is 229 g/mol. The molecule has 1 aliphatic heterocycles. The first-order valence-electron chi connectivity index (χ1n) is 6.51. The fourth-order valence-corrected chi connectivity index (χ4v) is 2.75. The van der Waals surface area contributed by atoms with Gasteiger partial charge < -0.3 is 4.81 Å². The molecule has 0 fully saturated rings. The van der Waals surface area contributed by atoms with Gasteiger partial charge in [0.25, 0.3) is 0 Å². The van der Waals surface area contributed by atoms with Crippen LogP contribution in [0.3, 0.4) is 0 Å². The average Bonchev–Trinajstić information content (AvgIpc) is 2.30. The van der Waals surface area contributed by atoms with Crippen LogP contribution in [0.4, 0.5) is 0 Å². The van der Waals surface area contributed by atoms with E-state index in [2.05, 4.69) is 43.6 Å². The number of hydrogen-bond acceptors (Lipinski definition) is 1. The van der Waals surface area contributed by atoms with Crippen molar-refractivity contribution in [3.63, 3.8) is 0 Å². The summed E-state index contributed by atoms with van der Waals surface area (Å²) < 4.78 is 0. The van der Waals surface area contributed by atoms with Crippen molar-refractivity contribution in [1.29, 1.82) is 0 Å². The predicted octanol–water partition coefficient (Wildman–Crippen LogP) is 3.95. The Labute approximate surface area is 107 Å². The van der Waals surface area contributed by atoms with E-state index in [0.29, 0.717) is 18.9 Å². The number of nitrogens with zero attached hydrogens (tertiary/aromatic N) is 1. The Morgan fingerprint density at radius 2 is 1.88 bits per heavy atom. The molecular weight excluding hydrogens is 205 g/mol. The molecule has 1 aliphatic rings. The Morgan fingerprint density at radius 3 is 2.41 bits per heavy atom. The second-order valence-electron chi connectivity index (χ2n) is 4.73. The van der Waals surface area contributed by atoms with Crippen LogP contribution in [0.25, 0.3) is 0 Å². The van der Waals surface area contributed by atoms with E-state index < -0.39 is 0 Å². The van der Waals surface area contributed by atoms with Gasteiger partial charge in [0.15, 0.2) is 0 Å². The van der Waals surface area contributed by atoms with Gasteiger partial charge in [0.2, 0.25) is 6.85 Å². The van der Waals surface area contributed by atoms with Gasteiger partial charge in [0.05, 0.1) is 0 Å². The summed E-state index contributed by atoms with van der Waals surface area (Å²) >= 11 is 0. The average molecular weight is 229 g/mol. The van der Waals surface area contributed by atoms with Gasteiger partial charge in [-0.3, -0.25) is 0 Å². The zero-order valence-corrected chi connectivity index (χ0v) is 11.0. The molecule has 0 saturated heterocycles. The lowest BCUT2D eigenvalue weighted by Crippen LogP contribution is -2.51. The fourth-order valence-electron chi connectivity index (χ4n) is 2.75. The Balaban J connectivity index is 2.84. The summed E-state index contributed by atoms with van der Waals surface area (Å²) in [4.78, 5) is 2.60. The van der Waals surface area contributed by atoms with Crippen LogP contribution in [0, 0.1) is 0 Å². The molecule has 0 aromatic rings. The largest absolute Gasteiger partial charge is 0.332 e. The summed E-state index contributed by atoms with van der Waals surface area (Å²) in [6, 6.07) is 1.08. The van der Waals surface area contributed by atoms with Gasteiger partial charge in [-0.1, -0.05) is 30.4 Å². The van der Waals surface area contributed by atoms with E-state index in [0.717, 1.165) is 25.5 Å². The summed E-state index contributed by atoms with van der Waals surface area (Å²) in [6.07, 6.45) is 14.9. The first-order valence-corrected chi connectivity index (χ1v) is 6.51. The third-order valence-electron chi connectivity index (χ3n) is 3.45. The van der Waals surface area contributed by atoms with Gasteiger partial charge in [-0.05, 0) is 32.4 Å². The summed E-state index contributed by atoms with van der Waals surface area (Å²) in [5.41, 5.74) is 0. The third kappa shape index (κ3) is 3.74. The summed E-state index contributed by atoms with van der Waals surface area (Å²) in [5.74, 6) is 0. The van der Waals surface area contributed by atoms with Crippen LogP contribution in [0.1, 0.15) is 19.8 Å². The second-order valence-corrected chi connectivity index (χ2v) is 4.73. The number of hydrogen-bond donors (Lipinski definition) is 0. The highest BCUT2D eigenvalue weighted by Gasteiger charge is 2.31. The van der Waals surface area contributed by atoms with Crippen molar-refractivity contribution >= 4 is 6.85 Å².